The first-order valence-corrected chi connectivity index (χ1v) is 16.6. The molecule has 0 saturated carbocycles. The lowest BCUT2D eigenvalue weighted by molar-refractivity contribution is 0.0490. The van der Waals surface area contributed by atoms with Crippen molar-refractivity contribution in [2.45, 2.75) is 104 Å². The van der Waals surface area contributed by atoms with Crippen LogP contribution in [0.15, 0.2) is 48.5 Å². The van der Waals surface area contributed by atoms with Crippen LogP contribution in [-0.4, -0.2) is 50.1 Å². The molecule has 2 rings (SSSR count). The molecule has 0 aromatic heterocycles. The highest BCUT2D eigenvalue weighted by Gasteiger charge is 2.11. The number of ether oxygens (including phenoxy) is 2. The van der Waals surface area contributed by atoms with Gasteiger partial charge in [-0.25, -0.2) is 9.59 Å². The maximum absolute atomic E-state index is 12.3. The third-order valence-corrected chi connectivity index (χ3v) is 7.40. The lowest BCUT2D eigenvalue weighted by Crippen LogP contribution is -2.24. The van der Waals surface area contributed by atoms with Crippen molar-refractivity contribution in [1.82, 2.24) is 10.6 Å². The molecule has 0 spiro atoms. The first kappa shape index (κ1) is 36.5. The Bertz CT molecular complexity index is 1020. The Balaban J connectivity index is 1.41. The second-order valence-electron chi connectivity index (χ2n) is 11.2. The van der Waals surface area contributed by atoms with Crippen molar-refractivity contribution >= 4 is 23.8 Å². The zero-order valence-corrected chi connectivity index (χ0v) is 26.8. The van der Waals surface area contributed by atoms with E-state index in [-0.39, 0.29) is 23.8 Å². The van der Waals surface area contributed by atoms with Crippen LogP contribution in [-0.2, 0) is 9.47 Å². The Kier molecular flexibility index (Phi) is 18.9. The summed E-state index contributed by atoms with van der Waals surface area (Å²) in [5.41, 5.74) is 2.02. The number of hydrogen-bond donors (Lipinski definition) is 2. The summed E-state index contributed by atoms with van der Waals surface area (Å²) in [6.07, 6.45) is 14.9. The van der Waals surface area contributed by atoms with E-state index < -0.39 is 0 Å². The SMILES string of the molecule is CCCCOC(=O)c1ccc(C(=O)NCCCCCCCCCCCCNC(=O)c2ccc(C(=O)OCCCC)cc2)cc1. The number of nitrogens with one attached hydrogen (secondary N) is 2. The molecule has 2 N–H and O–H groups in total. The van der Waals surface area contributed by atoms with Gasteiger partial charge in [0.25, 0.3) is 11.8 Å². The molecule has 2 aromatic carbocycles. The Morgan fingerprint density at radius 2 is 0.750 bits per heavy atom. The molecule has 0 fully saturated rings. The lowest BCUT2D eigenvalue weighted by atomic mass is 10.1. The third kappa shape index (κ3) is 15.2. The van der Waals surface area contributed by atoms with Crippen LogP contribution in [0.4, 0.5) is 0 Å². The zero-order chi connectivity index (χ0) is 31.8. The fourth-order valence-corrected chi connectivity index (χ4v) is 4.57. The number of hydrogen-bond acceptors (Lipinski definition) is 6. The van der Waals surface area contributed by atoms with E-state index in [2.05, 4.69) is 10.6 Å². The summed E-state index contributed by atoms with van der Waals surface area (Å²) in [4.78, 5) is 48.6. The molecule has 0 aliphatic carbocycles. The molecule has 2 aromatic rings. The summed E-state index contributed by atoms with van der Waals surface area (Å²) in [7, 11) is 0. The Labute approximate surface area is 263 Å². The number of rotatable bonds is 23. The molecule has 0 aliphatic rings. The topological polar surface area (TPSA) is 111 Å². The second-order valence-corrected chi connectivity index (χ2v) is 11.2. The van der Waals surface area contributed by atoms with Gasteiger partial charge in [-0.05, 0) is 74.2 Å². The van der Waals surface area contributed by atoms with Gasteiger partial charge in [0.05, 0.1) is 24.3 Å². The highest BCUT2D eigenvalue weighted by Crippen LogP contribution is 2.12. The predicted octanol–water partition coefficient (Wildman–Crippen LogP) is 7.66. The number of carbonyl (C=O) groups excluding carboxylic acids is 4. The second kappa shape index (κ2) is 22.8. The average Bonchev–Trinajstić information content (AvgIpc) is 3.05. The highest BCUT2D eigenvalue weighted by atomic mass is 16.5. The van der Waals surface area contributed by atoms with E-state index in [0.29, 0.717) is 48.6 Å². The van der Waals surface area contributed by atoms with Crippen molar-refractivity contribution in [1.29, 1.82) is 0 Å². The van der Waals surface area contributed by atoms with Crippen molar-refractivity contribution in [3.63, 3.8) is 0 Å². The van der Waals surface area contributed by atoms with E-state index in [9.17, 15) is 19.2 Å². The normalized spacial score (nSPS) is 10.7. The van der Waals surface area contributed by atoms with Crippen molar-refractivity contribution in [2.24, 2.45) is 0 Å². The molecule has 0 unspecified atom stereocenters. The molecule has 242 valence electrons. The predicted molar refractivity (Wildman–Crippen MR) is 174 cm³/mol. The molecule has 44 heavy (non-hydrogen) atoms. The third-order valence-electron chi connectivity index (χ3n) is 7.40. The van der Waals surface area contributed by atoms with Gasteiger partial charge in [0.2, 0.25) is 0 Å². The van der Waals surface area contributed by atoms with Gasteiger partial charge >= 0.3 is 11.9 Å². The number of esters is 2. The summed E-state index contributed by atoms with van der Waals surface area (Å²) in [6, 6.07) is 13.2. The van der Waals surface area contributed by atoms with Gasteiger partial charge in [0.1, 0.15) is 0 Å². The van der Waals surface area contributed by atoms with E-state index in [1.54, 1.807) is 48.5 Å². The molecule has 0 atom stereocenters. The molecule has 2 amide bonds. The molecule has 8 heteroatoms. The van der Waals surface area contributed by atoms with Crippen LogP contribution in [0.5, 0.6) is 0 Å². The first-order valence-electron chi connectivity index (χ1n) is 16.6. The van der Waals surface area contributed by atoms with E-state index >= 15 is 0 Å². The Morgan fingerprint density at radius 1 is 0.455 bits per heavy atom. The van der Waals surface area contributed by atoms with Crippen LogP contribution in [0.1, 0.15) is 145 Å². The van der Waals surface area contributed by atoms with E-state index in [4.69, 9.17) is 9.47 Å². The van der Waals surface area contributed by atoms with Crippen molar-refractivity contribution in [3.05, 3.63) is 70.8 Å². The average molecular weight is 609 g/mol. The van der Waals surface area contributed by atoms with Crippen molar-refractivity contribution in [3.8, 4) is 0 Å². The fourth-order valence-electron chi connectivity index (χ4n) is 4.57. The summed E-state index contributed by atoms with van der Waals surface area (Å²) in [6.45, 7) is 6.21. The van der Waals surface area contributed by atoms with Gasteiger partial charge in [-0.15, -0.1) is 0 Å². The summed E-state index contributed by atoms with van der Waals surface area (Å²) >= 11 is 0. The van der Waals surface area contributed by atoms with Crippen LogP contribution < -0.4 is 10.6 Å². The molecular weight excluding hydrogens is 556 g/mol. The van der Waals surface area contributed by atoms with Gasteiger partial charge in [-0.1, -0.05) is 78.1 Å². The smallest absolute Gasteiger partial charge is 0.338 e. The van der Waals surface area contributed by atoms with Crippen LogP contribution in [0.25, 0.3) is 0 Å². The highest BCUT2D eigenvalue weighted by molar-refractivity contribution is 5.97. The van der Waals surface area contributed by atoms with Crippen LogP contribution >= 0.6 is 0 Å². The standard InChI is InChI=1S/C36H52N2O6/c1-3-5-27-43-35(41)31-21-17-29(18-22-31)33(39)37-25-15-13-11-9-7-8-10-12-14-16-26-38-34(40)30-19-23-32(24-20-30)36(42)44-28-6-4-2/h17-24H,3-16,25-28H2,1-2H3,(H,37,39)(H,38,40). The lowest BCUT2D eigenvalue weighted by Gasteiger charge is -2.07. The first-order chi connectivity index (χ1) is 21.5. The maximum Gasteiger partial charge on any atom is 0.338 e. The maximum atomic E-state index is 12.3. The van der Waals surface area contributed by atoms with E-state index in [1.165, 1.54) is 25.7 Å². The minimum absolute atomic E-state index is 0.120. The van der Waals surface area contributed by atoms with E-state index in [1.807, 2.05) is 13.8 Å². The van der Waals surface area contributed by atoms with Gasteiger partial charge in [0, 0.05) is 24.2 Å². The molecule has 0 aliphatic heterocycles. The van der Waals surface area contributed by atoms with Gasteiger partial charge in [0.15, 0.2) is 0 Å². The molecule has 0 radical (unpaired) electrons. The summed E-state index contributed by atoms with van der Waals surface area (Å²) < 4.78 is 10.4. The number of amides is 2. The monoisotopic (exact) mass is 608 g/mol. The van der Waals surface area contributed by atoms with Gasteiger partial charge in [-0.2, -0.15) is 0 Å². The fraction of sp³-hybridized carbons (Fsp3) is 0.556. The van der Waals surface area contributed by atoms with Crippen molar-refractivity contribution in [2.75, 3.05) is 26.3 Å². The Morgan fingerprint density at radius 3 is 1.07 bits per heavy atom. The zero-order valence-electron chi connectivity index (χ0n) is 26.8. The molecule has 0 saturated heterocycles. The largest absolute Gasteiger partial charge is 0.462 e. The molecule has 0 heterocycles. The van der Waals surface area contributed by atoms with Crippen LogP contribution in [0, 0.1) is 0 Å². The molecule has 0 bridgehead atoms. The van der Waals surface area contributed by atoms with Crippen LogP contribution in [0.3, 0.4) is 0 Å². The number of carbonyl (C=O) groups is 4. The van der Waals surface area contributed by atoms with Crippen LogP contribution in [0.2, 0.25) is 0 Å². The van der Waals surface area contributed by atoms with Gasteiger partial charge < -0.3 is 20.1 Å². The number of benzene rings is 2. The summed E-state index contributed by atoms with van der Waals surface area (Å²) in [5.74, 6) is -0.943. The van der Waals surface area contributed by atoms with E-state index in [0.717, 1.165) is 64.2 Å². The Hall–Kier alpha value is -3.68. The minimum Gasteiger partial charge on any atom is -0.462 e. The summed E-state index contributed by atoms with van der Waals surface area (Å²) in [5, 5.41) is 5.91. The van der Waals surface area contributed by atoms with Crippen molar-refractivity contribution < 1.29 is 28.7 Å². The molecule has 8 nitrogen and oxygen atoms in total. The number of unbranched alkanes of at least 4 members (excludes halogenated alkanes) is 11. The quantitative estimate of drug-likeness (QED) is 0.0990. The molecular formula is C36H52N2O6. The minimum atomic E-state index is -0.352. The van der Waals surface area contributed by atoms with Gasteiger partial charge in [-0.3, -0.25) is 9.59 Å².